The molecular weight excluding hydrogens is 205 g/mol. The number of nitrogens with zero attached hydrogens (tertiary/aromatic N) is 1. The van der Waals surface area contributed by atoms with Crippen molar-refractivity contribution in [2.75, 3.05) is 18.0 Å². The van der Waals surface area contributed by atoms with Gasteiger partial charge in [-0.1, -0.05) is 0 Å². The van der Waals surface area contributed by atoms with Crippen LogP contribution in [0.2, 0.25) is 0 Å². The van der Waals surface area contributed by atoms with Gasteiger partial charge in [-0.15, -0.1) is 0 Å². The molecule has 0 bridgehead atoms. The minimum atomic E-state index is -4.28. The Hall–Kier alpha value is -1.26. The third kappa shape index (κ3) is 2.84. The highest BCUT2D eigenvalue weighted by Crippen LogP contribution is 2.28. The molecule has 1 aromatic rings. The maximum atomic E-state index is 12.3. The van der Waals surface area contributed by atoms with Crippen molar-refractivity contribution in [2.45, 2.75) is 20.0 Å². The lowest BCUT2D eigenvalue weighted by molar-refractivity contribution is -0.367. The summed E-state index contributed by atoms with van der Waals surface area (Å²) in [6.07, 6.45) is -3.29. The summed E-state index contributed by atoms with van der Waals surface area (Å²) in [7, 11) is 0. The molecule has 0 aliphatic rings. The van der Waals surface area contributed by atoms with Crippen LogP contribution in [-0.2, 0) is 6.18 Å². The van der Waals surface area contributed by atoms with Gasteiger partial charge in [-0.2, -0.15) is 13.2 Å². The van der Waals surface area contributed by atoms with E-state index in [2.05, 4.69) is 4.98 Å². The standard InChI is InChI=1S/C10H13F3N2/c1-3-15(4-2)9-6-5-8(7-14-9)10(11,12)13/h5-7H,3-4H2,1-2H3/p+1. The van der Waals surface area contributed by atoms with Gasteiger partial charge in [0.1, 0.15) is 6.20 Å². The zero-order chi connectivity index (χ0) is 11.5. The number of nitrogens with one attached hydrogen (secondary N) is 1. The van der Waals surface area contributed by atoms with Gasteiger partial charge in [-0.05, 0) is 19.9 Å². The Labute approximate surface area is 86.7 Å². The second-order valence-electron chi connectivity index (χ2n) is 3.13. The van der Waals surface area contributed by atoms with Crippen LogP contribution < -0.4 is 9.88 Å². The lowest BCUT2D eigenvalue weighted by Gasteiger charge is -2.12. The van der Waals surface area contributed by atoms with Gasteiger partial charge in [0.25, 0.3) is 5.82 Å². The number of aromatic amines is 1. The van der Waals surface area contributed by atoms with E-state index in [1.807, 2.05) is 18.7 Å². The van der Waals surface area contributed by atoms with Crippen LogP contribution in [0.15, 0.2) is 18.3 Å². The summed E-state index contributed by atoms with van der Waals surface area (Å²) in [6, 6.07) is 2.54. The predicted molar refractivity (Wildman–Crippen MR) is 51.6 cm³/mol. The second-order valence-corrected chi connectivity index (χ2v) is 3.13. The maximum absolute atomic E-state index is 12.3. The van der Waals surface area contributed by atoms with Crippen molar-refractivity contribution in [3.8, 4) is 0 Å². The van der Waals surface area contributed by atoms with E-state index >= 15 is 0 Å². The van der Waals surface area contributed by atoms with Crippen LogP contribution in [-0.4, -0.2) is 13.1 Å². The van der Waals surface area contributed by atoms with Crippen LogP contribution in [0.5, 0.6) is 0 Å². The van der Waals surface area contributed by atoms with E-state index in [1.54, 1.807) is 0 Å². The van der Waals surface area contributed by atoms with E-state index in [0.29, 0.717) is 5.82 Å². The van der Waals surface area contributed by atoms with Crippen LogP contribution in [0.3, 0.4) is 0 Å². The minimum Gasteiger partial charge on any atom is -0.262 e. The predicted octanol–water partition coefficient (Wildman–Crippen LogP) is 2.37. The smallest absolute Gasteiger partial charge is 0.262 e. The van der Waals surface area contributed by atoms with Crippen molar-refractivity contribution in [3.05, 3.63) is 23.9 Å². The molecule has 0 saturated carbocycles. The molecule has 15 heavy (non-hydrogen) atoms. The Morgan fingerprint density at radius 2 is 1.80 bits per heavy atom. The Balaban J connectivity index is 2.89. The van der Waals surface area contributed by atoms with Crippen LogP contribution in [0.1, 0.15) is 19.4 Å². The highest BCUT2D eigenvalue weighted by atomic mass is 19.4. The second kappa shape index (κ2) is 4.51. The van der Waals surface area contributed by atoms with Crippen LogP contribution in [0.4, 0.5) is 19.0 Å². The zero-order valence-corrected chi connectivity index (χ0v) is 8.73. The molecule has 0 radical (unpaired) electrons. The van der Waals surface area contributed by atoms with Gasteiger partial charge in [0.15, 0.2) is 0 Å². The number of hydrogen-bond acceptors (Lipinski definition) is 1. The molecule has 1 N–H and O–H groups in total. The van der Waals surface area contributed by atoms with E-state index in [4.69, 9.17) is 0 Å². The number of pyridine rings is 1. The average molecular weight is 219 g/mol. The molecule has 1 rings (SSSR count). The first-order valence-electron chi connectivity index (χ1n) is 4.83. The number of anilines is 1. The molecule has 1 aromatic heterocycles. The molecule has 1 heterocycles. The van der Waals surface area contributed by atoms with E-state index in [9.17, 15) is 13.2 Å². The lowest BCUT2D eigenvalue weighted by Crippen LogP contribution is -2.29. The highest BCUT2D eigenvalue weighted by molar-refractivity contribution is 5.33. The summed E-state index contributed by atoms with van der Waals surface area (Å²) in [6.45, 7) is 5.43. The molecule has 0 aliphatic carbocycles. The summed E-state index contributed by atoms with van der Waals surface area (Å²) in [5.41, 5.74) is -0.654. The SMILES string of the molecule is CCN(CC)c1ccc(C(F)(F)F)c[nH+]1. The summed E-state index contributed by atoms with van der Waals surface area (Å²) >= 11 is 0. The van der Waals surface area contributed by atoms with Gasteiger partial charge in [-0.25, -0.2) is 4.98 Å². The number of halogens is 3. The first kappa shape index (κ1) is 11.8. The van der Waals surface area contributed by atoms with E-state index in [1.165, 1.54) is 6.07 Å². The number of aromatic nitrogens is 1. The molecule has 5 heteroatoms. The first-order valence-corrected chi connectivity index (χ1v) is 4.83. The molecule has 0 spiro atoms. The van der Waals surface area contributed by atoms with Gasteiger partial charge in [0.2, 0.25) is 0 Å². The van der Waals surface area contributed by atoms with Crippen molar-refractivity contribution in [2.24, 2.45) is 0 Å². The summed E-state index contributed by atoms with van der Waals surface area (Å²) in [5.74, 6) is 0.702. The number of alkyl halides is 3. The van der Waals surface area contributed by atoms with Crippen molar-refractivity contribution < 1.29 is 18.2 Å². The number of rotatable bonds is 3. The number of hydrogen-bond donors (Lipinski definition) is 0. The van der Waals surface area contributed by atoms with Crippen molar-refractivity contribution in [1.29, 1.82) is 0 Å². The van der Waals surface area contributed by atoms with Gasteiger partial charge in [0.05, 0.1) is 18.7 Å². The van der Waals surface area contributed by atoms with Crippen LogP contribution in [0, 0.1) is 0 Å². The van der Waals surface area contributed by atoms with Gasteiger partial charge in [0, 0.05) is 6.07 Å². The fourth-order valence-corrected chi connectivity index (χ4v) is 1.35. The lowest BCUT2D eigenvalue weighted by atomic mass is 10.2. The molecule has 0 unspecified atom stereocenters. The third-order valence-corrected chi connectivity index (χ3v) is 2.23. The minimum absolute atomic E-state index is 0.654. The van der Waals surface area contributed by atoms with Gasteiger partial charge >= 0.3 is 6.18 Å². The normalized spacial score (nSPS) is 11.5. The molecule has 0 fully saturated rings. The molecular formula is C10H14F3N2+. The molecule has 0 atom stereocenters. The monoisotopic (exact) mass is 219 g/mol. The average Bonchev–Trinajstić information content (AvgIpc) is 2.19. The zero-order valence-electron chi connectivity index (χ0n) is 8.73. The summed E-state index contributed by atoms with van der Waals surface area (Å²) < 4.78 is 36.8. The fourth-order valence-electron chi connectivity index (χ4n) is 1.35. The first-order chi connectivity index (χ1) is 6.99. The largest absolute Gasteiger partial charge is 0.419 e. The molecule has 84 valence electrons. The Kier molecular flexibility index (Phi) is 3.55. The molecule has 0 aliphatic heterocycles. The Morgan fingerprint density at radius 1 is 1.20 bits per heavy atom. The quantitative estimate of drug-likeness (QED) is 0.762. The van der Waals surface area contributed by atoms with Crippen LogP contribution >= 0.6 is 0 Å². The fraction of sp³-hybridized carbons (Fsp3) is 0.500. The number of H-pyrrole nitrogens is 1. The highest BCUT2D eigenvalue weighted by Gasteiger charge is 2.31. The van der Waals surface area contributed by atoms with Gasteiger partial charge < -0.3 is 0 Å². The Morgan fingerprint density at radius 3 is 2.13 bits per heavy atom. The third-order valence-electron chi connectivity index (χ3n) is 2.23. The van der Waals surface area contributed by atoms with Crippen molar-refractivity contribution in [3.63, 3.8) is 0 Å². The van der Waals surface area contributed by atoms with Crippen molar-refractivity contribution in [1.82, 2.24) is 0 Å². The Bertz CT molecular complexity index is 301. The van der Waals surface area contributed by atoms with Crippen LogP contribution in [0.25, 0.3) is 0 Å². The molecule has 2 nitrogen and oxygen atoms in total. The van der Waals surface area contributed by atoms with E-state index in [0.717, 1.165) is 25.4 Å². The van der Waals surface area contributed by atoms with E-state index < -0.39 is 11.7 Å². The maximum Gasteiger partial charge on any atom is 0.419 e. The van der Waals surface area contributed by atoms with E-state index in [-0.39, 0.29) is 0 Å². The molecule has 0 aromatic carbocycles. The molecule has 0 amide bonds. The topological polar surface area (TPSA) is 17.4 Å². The summed E-state index contributed by atoms with van der Waals surface area (Å²) in [4.78, 5) is 4.60. The van der Waals surface area contributed by atoms with Gasteiger partial charge in [-0.3, -0.25) is 4.90 Å². The summed E-state index contributed by atoms with van der Waals surface area (Å²) in [5, 5.41) is 0. The van der Waals surface area contributed by atoms with Crippen molar-refractivity contribution >= 4 is 5.82 Å². The molecule has 0 saturated heterocycles.